The van der Waals surface area contributed by atoms with Crippen molar-refractivity contribution < 1.29 is 22.4 Å². The number of sulfone groups is 1. The van der Waals surface area contributed by atoms with E-state index in [0.29, 0.717) is 5.56 Å². The Labute approximate surface area is 218 Å². The molecule has 0 radical (unpaired) electrons. The number of nitrogens with one attached hydrogen (secondary N) is 2. The molecule has 3 aromatic carbocycles. The molecule has 0 fully saturated rings. The highest BCUT2D eigenvalue weighted by Crippen LogP contribution is 2.24. The molecule has 0 saturated heterocycles. The number of rotatable bonds is 7. The number of benzene rings is 3. The number of carbonyl (C=O) groups is 2. The fraction of sp³-hybridized carbons (Fsp3) is 0.107. The molecule has 1 aromatic heterocycles. The molecular formula is C28H24FN3O5S. The zero-order valence-electron chi connectivity index (χ0n) is 20.5. The Morgan fingerprint density at radius 3 is 2.21 bits per heavy atom. The van der Waals surface area contributed by atoms with Crippen molar-refractivity contribution in [1.29, 1.82) is 0 Å². The summed E-state index contributed by atoms with van der Waals surface area (Å²) in [7, 11) is -2.48. The van der Waals surface area contributed by atoms with Gasteiger partial charge >= 0.3 is 0 Å². The smallest absolute Gasteiger partial charge is 0.281 e. The third kappa shape index (κ3) is 5.31. The number of hydrogen-bond donors (Lipinski definition) is 2. The van der Waals surface area contributed by atoms with Crippen molar-refractivity contribution in [2.24, 2.45) is 0 Å². The minimum Gasteiger partial charge on any atom is -0.320 e. The summed E-state index contributed by atoms with van der Waals surface area (Å²) >= 11 is 0. The Bertz CT molecular complexity index is 1670. The van der Waals surface area contributed by atoms with Gasteiger partial charge < -0.3 is 10.6 Å². The first-order valence-corrected chi connectivity index (χ1v) is 13.1. The predicted molar refractivity (Wildman–Crippen MR) is 141 cm³/mol. The van der Waals surface area contributed by atoms with Gasteiger partial charge in [-0.1, -0.05) is 36.4 Å². The van der Waals surface area contributed by atoms with Crippen LogP contribution in [0.5, 0.6) is 0 Å². The van der Waals surface area contributed by atoms with Crippen molar-refractivity contribution >= 4 is 27.3 Å². The second-order valence-corrected chi connectivity index (χ2v) is 10.4. The van der Waals surface area contributed by atoms with Gasteiger partial charge in [-0.05, 0) is 74.1 Å². The van der Waals surface area contributed by atoms with Gasteiger partial charge in [0.05, 0.1) is 21.5 Å². The highest BCUT2D eigenvalue weighted by molar-refractivity contribution is 7.91. The number of amides is 1. The molecule has 0 saturated carbocycles. The van der Waals surface area contributed by atoms with Crippen molar-refractivity contribution in [3.63, 3.8) is 0 Å². The van der Waals surface area contributed by atoms with Gasteiger partial charge in [-0.25, -0.2) is 17.4 Å². The molecule has 0 spiro atoms. The van der Waals surface area contributed by atoms with Gasteiger partial charge in [0.2, 0.25) is 15.7 Å². The third-order valence-electron chi connectivity index (χ3n) is 5.95. The molecule has 4 rings (SSSR count). The van der Waals surface area contributed by atoms with Crippen LogP contribution in [-0.2, 0) is 14.6 Å². The lowest BCUT2D eigenvalue weighted by molar-refractivity contribution is -0.117. The molecule has 0 aliphatic carbocycles. The van der Waals surface area contributed by atoms with Crippen LogP contribution < -0.4 is 16.2 Å². The number of pyridine rings is 1. The first kappa shape index (κ1) is 26.6. The van der Waals surface area contributed by atoms with Gasteiger partial charge in [0, 0.05) is 5.56 Å². The molecule has 1 atom stereocenters. The van der Waals surface area contributed by atoms with Crippen LogP contribution in [0, 0.1) is 5.82 Å². The Hall–Kier alpha value is -4.41. The molecule has 1 heterocycles. The average molecular weight is 534 g/mol. The van der Waals surface area contributed by atoms with E-state index < -0.39 is 39.1 Å². The molecule has 4 aromatic rings. The van der Waals surface area contributed by atoms with E-state index in [0.717, 1.165) is 34.9 Å². The lowest BCUT2D eigenvalue weighted by Gasteiger charge is -2.16. The molecule has 0 aliphatic rings. The van der Waals surface area contributed by atoms with Crippen molar-refractivity contribution in [1.82, 2.24) is 9.88 Å². The summed E-state index contributed by atoms with van der Waals surface area (Å²) in [6, 6.07) is 20.6. The summed E-state index contributed by atoms with van der Waals surface area (Å²) < 4.78 is 40.5. The van der Waals surface area contributed by atoms with E-state index in [1.165, 1.54) is 30.3 Å². The Morgan fingerprint density at radius 1 is 0.868 bits per heavy atom. The molecule has 0 aliphatic heterocycles. The molecule has 2 N–H and O–H groups in total. The highest BCUT2D eigenvalue weighted by atomic mass is 32.2. The monoisotopic (exact) mass is 533 g/mol. The van der Waals surface area contributed by atoms with E-state index in [-0.39, 0.29) is 26.7 Å². The molecule has 38 heavy (non-hydrogen) atoms. The van der Waals surface area contributed by atoms with Gasteiger partial charge in [-0.2, -0.15) is 0 Å². The van der Waals surface area contributed by atoms with Crippen LogP contribution in [0.2, 0.25) is 0 Å². The van der Waals surface area contributed by atoms with Gasteiger partial charge in [-0.15, -0.1) is 0 Å². The van der Waals surface area contributed by atoms with E-state index in [2.05, 4.69) is 10.6 Å². The number of aromatic nitrogens is 1. The van der Waals surface area contributed by atoms with Crippen LogP contribution in [0.15, 0.2) is 106 Å². The normalized spacial score (nSPS) is 12.1. The fourth-order valence-corrected chi connectivity index (χ4v) is 5.02. The molecule has 10 heteroatoms. The summed E-state index contributed by atoms with van der Waals surface area (Å²) in [5.74, 6) is -1.84. The zero-order chi connectivity index (χ0) is 27.4. The van der Waals surface area contributed by atoms with E-state index in [4.69, 9.17) is 0 Å². The van der Waals surface area contributed by atoms with Gasteiger partial charge in [0.1, 0.15) is 11.5 Å². The van der Waals surface area contributed by atoms with Gasteiger partial charge in [0.25, 0.3) is 11.5 Å². The summed E-state index contributed by atoms with van der Waals surface area (Å²) in [4.78, 5) is 39.3. The quantitative estimate of drug-likeness (QED) is 0.350. The fourth-order valence-electron chi connectivity index (χ4n) is 3.72. The standard InChI is InChI=1S/C28H24FN3O5S/c1-18(30-2)26(33)31-24-15-16-25(19-7-4-3-5-8-19)32(28(24)35)27(34)20-9-6-10-23(17-20)38(36,37)22-13-11-21(29)12-14-22/h3-18,30H,1-2H3,(H,31,33). The third-order valence-corrected chi connectivity index (χ3v) is 7.72. The first-order chi connectivity index (χ1) is 18.1. The van der Waals surface area contributed by atoms with E-state index >= 15 is 0 Å². The van der Waals surface area contributed by atoms with E-state index in [1.807, 2.05) is 0 Å². The summed E-state index contributed by atoms with van der Waals surface area (Å²) in [6.07, 6.45) is 0. The molecular weight excluding hydrogens is 509 g/mol. The molecule has 194 valence electrons. The highest BCUT2D eigenvalue weighted by Gasteiger charge is 2.23. The number of hydrogen-bond acceptors (Lipinski definition) is 6. The number of nitrogens with zero attached hydrogens (tertiary/aromatic N) is 1. The van der Waals surface area contributed by atoms with E-state index in [1.54, 1.807) is 44.3 Å². The summed E-state index contributed by atoms with van der Waals surface area (Å²) in [5, 5.41) is 5.31. The number of likely N-dealkylation sites (N-methyl/N-ethyl adjacent to an activating group) is 1. The topological polar surface area (TPSA) is 114 Å². The second-order valence-electron chi connectivity index (χ2n) is 8.43. The number of carbonyl (C=O) groups excluding carboxylic acids is 2. The zero-order valence-corrected chi connectivity index (χ0v) is 21.3. The maximum atomic E-state index is 13.7. The molecule has 0 bridgehead atoms. The van der Waals surface area contributed by atoms with Crippen LogP contribution >= 0.6 is 0 Å². The van der Waals surface area contributed by atoms with Crippen molar-refractivity contribution in [2.45, 2.75) is 22.8 Å². The molecule has 1 amide bonds. The Balaban J connectivity index is 1.83. The number of anilines is 1. The van der Waals surface area contributed by atoms with Gasteiger partial charge in [-0.3, -0.25) is 14.4 Å². The maximum Gasteiger partial charge on any atom is 0.281 e. The minimum atomic E-state index is -4.07. The van der Waals surface area contributed by atoms with Crippen molar-refractivity contribution in [2.75, 3.05) is 12.4 Å². The lowest BCUT2D eigenvalue weighted by atomic mass is 10.1. The number of halogens is 1. The molecule has 1 unspecified atom stereocenters. The van der Waals surface area contributed by atoms with E-state index in [9.17, 15) is 27.2 Å². The van der Waals surface area contributed by atoms with Crippen LogP contribution in [0.4, 0.5) is 10.1 Å². The average Bonchev–Trinajstić information content (AvgIpc) is 2.94. The van der Waals surface area contributed by atoms with Crippen LogP contribution in [0.3, 0.4) is 0 Å². The van der Waals surface area contributed by atoms with Crippen LogP contribution in [-0.4, -0.2) is 37.9 Å². The largest absolute Gasteiger partial charge is 0.320 e. The predicted octanol–water partition coefficient (Wildman–Crippen LogP) is 3.72. The second kappa shape index (κ2) is 10.9. The van der Waals surface area contributed by atoms with Crippen LogP contribution in [0.25, 0.3) is 11.3 Å². The maximum absolute atomic E-state index is 13.7. The lowest BCUT2D eigenvalue weighted by Crippen LogP contribution is -2.38. The van der Waals surface area contributed by atoms with Crippen LogP contribution in [0.1, 0.15) is 17.3 Å². The SMILES string of the molecule is CNC(C)C(=O)Nc1ccc(-c2ccccc2)n(C(=O)c2cccc(S(=O)(=O)c3ccc(F)cc3)c2)c1=O. The Kier molecular flexibility index (Phi) is 7.65. The van der Waals surface area contributed by atoms with Crippen molar-refractivity contribution in [3.05, 3.63) is 113 Å². The summed E-state index contributed by atoms with van der Waals surface area (Å²) in [6.45, 7) is 1.62. The minimum absolute atomic E-state index is 0.0699. The first-order valence-electron chi connectivity index (χ1n) is 11.6. The van der Waals surface area contributed by atoms with Crippen molar-refractivity contribution in [3.8, 4) is 11.3 Å². The Morgan fingerprint density at radius 2 is 1.55 bits per heavy atom. The molecule has 8 nitrogen and oxygen atoms in total. The van der Waals surface area contributed by atoms with Gasteiger partial charge in [0.15, 0.2) is 0 Å². The summed E-state index contributed by atoms with van der Waals surface area (Å²) in [5.41, 5.74) is -0.138.